The van der Waals surface area contributed by atoms with Crippen molar-refractivity contribution < 1.29 is 38.1 Å². The summed E-state index contributed by atoms with van der Waals surface area (Å²) in [5.74, 6) is -1.82. The molecule has 0 heterocycles. The van der Waals surface area contributed by atoms with Gasteiger partial charge in [0.2, 0.25) is 0 Å². The predicted octanol–water partition coefficient (Wildman–Crippen LogP) is 11.8. The Balaban J connectivity index is 4.86. The van der Waals surface area contributed by atoms with Gasteiger partial charge in [-0.3, -0.25) is 9.59 Å². The van der Waals surface area contributed by atoms with Crippen LogP contribution < -0.4 is 10.6 Å². The van der Waals surface area contributed by atoms with Crippen molar-refractivity contribution in [2.75, 3.05) is 52.5 Å². The highest BCUT2D eigenvalue weighted by atomic mass is 16.7. The summed E-state index contributed by atoms with van der Waals surface area (Å²) >= 11 is 0. The minimum absolute atomic E-state index is 0.107. The summed E-state index contributed by atoms with van der Waals surface area (Å²) in [6, 6.07) is -0.330. The zero-order valence-electron chi connectivity index (χ0n) is 38.3. The standard InChI is InChI=1S/C47H91N3O8/c1-6-11-14-17-20-21-22-23-24-25-28-31-35-48-46(53)49-39-42(41-57-47(54)55-37-32-36-50(9-4)10-5)40-56-44(51)38-45(52)58-43(33-29-26-18-15-12-7-2)34-30-27-19-16-13-8-3/h42-43H,6-41H2,1-5H3,(H2,48,49,53). The van der Waals surface area contributed by atoms with E-state index in [1.807, 2.05) is 0 Å². The molecular formula is C47H91N3O8. The van der Waals surface area contributed by atoms with Crippen molar-refractivity contribution in [1.82, 2.24) is 15.5 Å². The third-order valence-electron chi connectivity index (χ3n) is 10.9. The van der Waals surface area contributed by atoms with Gasteiger partial charge in [0.1, 0.15) is 19.1 Å². The minimum Gasteiger partial charge on any atom is -0.465 e. The maximum atomic E-state index is 12.9. The maximum absolute atomic E-state index is 12.9. The topological polar surface area (TPSA) is 132 Å². The summed E-state index contributed by atoms with van der Waals surface area (Å²) < 4.78 is 21.9. The lowest BCUT2D eigenvalue weighted by molar-refractivity contribution is -0.159. The van der Waals surface area contributed by atoms with Gasteiger partial charge in [-0.2, -0.15) is 0 Å². The monoisotopic (exact) mass is 826 g/mol. The van der Waals surface area contributed by atoms with Gasteiger partial charge in [0.05, 0.1) is 13.2 Å². The van der Waals surface area contributed by atoms with Crippen molar-refractivity contribution in [3.8, 4) is 0 Å². The Morgan fingerprint density at radius 2 is 0.966 bits per heavy atom. The molecule has 0 rings (SSSR count). The SMILES string of the molecule is CCCCCCCCCCCCCCNC(=O)NCC(COC(=O)CC(=O)OC(CCCCCCCC)CCCCCCCC)COC(=O)OCCCN(CC)CC. The first-order valence-electron chi connectivity index (χ1n) is 24.2. The summed E-state index contributed by atoms with van der Waals surface area (Å²) in [5.41, 5.74) is 0. The minimum atomic E-state index is -0.808. The van der Waals surface area contributed by atoms with E-state index in [1.165, 1.54) is 116 Å². The molecule has 0 fully saturated rings. The number of ether oxygens (including phenoxy) is 4. The van der Waals surface area contributed by atoms with Crippen LogP contribution in [0, 0.1) is 5.92 Å². The van der Waals surface area contributed by atoms with Crippen LogP contribution in [0.15, 0.2) is 0 Å². The Morgan fingerprint density at radius 1 is 0.500 bits per heavy atom. The molecule has 0 aliphatic rings. The van der Waals surface area contributed by atoms with Crippen LogP contribution in [0.4, 0.5) is 9.59 Å². The number of hydrogen-bond acceptors (Lipinski definition) is 9. The molecule has 2 amide bonds. The Bertz CT molecular complexity index is 948. The fraction of sp³-hybridized carbons (Fsp3) is 0.915. The van der Waals surface area contributed by atoms with E-state index >= 15 is 0 Å². The fourth-order valence-corrected chi connectivity index (χ4v) is 7.02. The van der Waals surface area contributed by atoms with Gasteiger partial charge in [-0.25, -0.2) is 9.59 Å². The van der Waals surface area contributed by atoms with Gasteiger partial charge < -0.3 is 34.5 Å². The Kier molecular flexibility index (Phi) is 40.7. The molecule has 0 aromatic heterocycles. The van der Waals surface area contributed by atoms with E-state index in [0.29, 0.717) is 13.0 Å². The van der Waals surface area contributed by atoms with Crippen molar-refractivity contribution >= 4 is 24.1 Å². The van der Waals surface area contributed by atoms with E-state index in [1.54, 1.807) is 0 Å². The van der Waals surface area contributed by atoms with Crippen LogP contribution in [0.2, 0.25) is 0 Å². The molecule has 0 saturated heterocycles. The third-order valence-corrected chi connectivity index (χ3v) is 10.9. The predicted molar refractivity (Wildman–Crippen MR) is 237 cm³/mol. The van der Waals surface area contributed by atoms with Gasteiger partial charge >= 0.3 is 24.1 Å². The highest BCUT2D eigenvalue weighted by molar-refractivity contribution is 5.91. The Labute approximate surface area is 355 Å². The molecule has 0 aromatic rings. The molecule has 0 aliphatic heterocycles. The molecule has 58 heavy (non-hydrogen) atoms. The third kappa shape index (κ3) is 37.7. The molecule has 0 aliphatic carbocycles. The second-order valence-electron chi connectivity index (χ2n) is 16.3. The van der Waals surface area contributed by atoms with Crippen LogP contribution in [0.5, 0.6) is 0 Å². The summed E-state index contributed by atoms with van der Waals surface area (Å²) in [5, 5.41) is 5.72. The van der Waals surface area contributed by atoms with E-state index in [-0.39, 0.29) is 38.5 Å². The van der Waals surface area contributed by atoms with Gasteiger partial charge in [0, 0.05) is 25.6 Å². The molecule has 1 unspecified atom stereocenters. The maximum Gasteiger partial charge on any atom is 0.508 e. The number of hydrogen-bond donors (Lipinski definition) is 2. The van der Waals surface area contributed by atoms with Gasteiger partial charge in [-0.1, -0.05) is 169 Å². The van der Waals surface area contributed by atoms with Crippen LogP contribution in [0.3, 0.4) is 0 Å². The van der Waals surface area contributed by atoms with Crippen molar-refractivity contribution in [2.24, 2.45) is 5.92 Å². The van der Waals surface area contributed by atoms with Crippen molar-refractivity contribution in [3.63, 3.8) is 0 Å². The molecule has 0 spiro atoms. The van der Waals surface area contributed by atoms with Crippen LogP contribution in [0.1, 0.15) is 214 Å². The van der Waals surface area contributed by atoms with Gasteiger partial charge in [0.25, 0.3) is 0 Å². The van der Waals surface area contributed by atoms with E-state index in [2.05, 4.69) is 50.2 Å². The molecule has 11 nitrogen and oxygen atoms in total. The fourth-order valence-electron chi connectivity index (χ4n) is 7.02. The average Bonchev–Trinajstić information content (AvgIpc) is 3.21. The lowest BCUT2D eigenvalue weighted by Gasteiger charge is -2.20. The first-order chi connectivity index (χ1) is 28.3. The summed E-state index contributed by atoms with van der Waals surface area (Å²) in [4.78, 5) is 52.9. The Morgan fingerprint density at radius 3 is 1.47 bits per heavy atom. The van der Waals surface area contributed by atoms with Crippen molar-refractivity contribution in [1.29, 1.82) is 0 Å². The zero-order valence-corrected chi connectivity index (χ0v) is 38.3. The van der Waals surface area contributed by atoms with Gasteiger partial charge in [0.15, 0.2) is 0 Å². The average molecular weight is 826 g/mol. The molecule has 0 aromatic carbocycles. The number of unbranched alkanes of at least 4 members (excludes halogenated alkanes) is 21. The first-order valence-corrected chi connectivity index (χ1v) is 24.2. The van der Waals surface area contributed by atoms with Crippen LogP contribution in [-0.4, -0.2) is 87.7 Å². The van der Waals surface area contributed by atoms with Crippen LogP contribution >= 0.6 is 0 Å². The Hall–Kier alpha value is -2.56. The summed E-state index contributed by atoms with van der Waals surface area (Å²) in [7, 11) is 0. The summed E-state index contributed by atoms with van der Waals surface area (Å²) in [6.07, 6.45) is 29.8. The smallest absolute Gasteiger partial charge is 0.465 e. The molecule has 0 saturated carbocycles. The second kappa shape index (κ2) is 42.6. The molecule has 11 heteroatoms. The molecule has 0 bridgehead atoms. The van der Waals surface area contributed by atoms with Crippen LogP contribution in [0.25, 0.3) is 0 Å². The highest BCUT2D eigenvalue weighted by Crippen LogP contribution is 2.18. The van der Waals surface area contributed by atoms with Crippen molar-refractivity contribution in [3.05, 3.63) is 0 Å². The first kappa shape index (κ1) is 55.4. The van der Waals surface area contributed by atoms with E-state index < -0.39 is 30.4 Å². The number of urea groups is 1. The number of esters is 2. The van der Waals surface area contributed by atoms with Crippen molar-refractivity contribution in [2.45, 2.75) is 221 Å². The number of carbonyl (C=O) groups excluding carboxylic acids is 4. The number of nitrogens with zero attached hydrogens (tertiary/aromatic N) is 1. The molecule has 2 N–H and O–H groups in total. The normalized spacial score (nSPS) is 11.8. The lowest BCUT2D eigenvalue weighted by Crippen LogP contribution is -2.41. The zero-order chi connectivity index (χ0) is 42.7. The highest BCUT2D eigenvalue weighted by Gasteiger charge is 2.21. The number of carbonyl (C=O) groups is 4. The summed E-state index contributed by atoms with van der Waals surface area (Å²) in [6.45, 7) is 14.2. The molecule has 1 atom stereocenters. The van der Waals surface area contributed by atoms with E-state index in [4.69, 9.17) is 18.9 Å². The quantitative estimate of drug-likeness (QED) is 0.0267. The number of amides is 2. The van der Waals surface area contributed by atoms with Gasteiger partial charge in [-0.15, -0.1) is 0 Å². The molecule has 342 valence electrons. The molecule has 0 radical (unpaired) electrons. The molecular weight excluding hydrogens is 735 g/mol. The van der Waals surface area contributed by atoms with Gasteiger partial charge in [-0.05, 0) is 51.6 Å². The lowest BCUT2D eigenvalue weighted by atomic mass is 10.0. The number of rotatable bonds is 42. The largest absolute Gasteiger partial charge is 0.508 e. The van der Waals surface area contributed by atoms with Crippen LogP contribution in [-0.2, 0) is 28.5 Å². The van der Waals surface area contributed by atoms with E-state index in [9.17, 15) is 19.2 Å². The van der Waals surface area contributed by atoms with E-state index in [0.717, 1.165) is 71.0 Å². The second-order valence-corrected chi connectivity index (χ2v) is 16.3. The number of nitrogens with one attached hydrogen (secondary N) is 2.